The Morgan fingerprint density at radius 1 is 0.368 bits per heavy atom. The van der Waals surface area contributed by atoms with Crippen LogP contribution in [0.2, 0.25) is 0 Å². The summed E-state index contributed by atoms with van der Waals surface area (Å²) in [6, 6.07) is 72.4. The van der Waals surface area contributed by atoms with E-state index in [1.54, 1.807) is 0 Å². The molecule has 3 aliphatic carbocycles. The van der Waals surface area contributed by atoms with E-state index >= 15 is 0 Å². The molecule has 2 heteroatoms. The van der Waals surface area contributed by atoms with Crippen LogP contribution in [0.4, 0.5) is 17.1 Å². The molecule has 1 nitrogen and oxygen atoms in total. The minimum Gasteiger partial charge on any atom is -0.310 e. The molecule has 330 valence electrons. The topological polar surface area (TPSA) is 3.24 Å². The van der Waals surface area contributed by atoms with Crippen LogP contribution < -0.4 is 4.90 Å². The number of hydrogen-bond acceptors (Lipinski definition) is 2. The van der Waals surface area contributed by atoms with Crippen LogP contribution in [-0.2, 0) is 21.7 Å². The predicted molar refractivity (Wildman–Crippen MR) is 291 cm³/mol. The Labute approximate surface area is 405 Å². The molecule has 0 bridgehead atoms. The van der Waals surface area contributed by atoms with Crippen molar-refractivity contribution in [1.82, 2.24) is 0 Å². The highest BCUT2D eigenvalue weighted by Crippen LogP contribution is 2.64. The lowest BCUT2D eigenvalue weighted by molar-refractivity contribution is 0.586. The van der Waals surface area contributed by atoms with Crippen LogP contribution in [0.1, 0.15) is 99.9 Å². The van der Waals surface area contributed by atoms with E-state index in [2.05, 4.69) is 248 Å². The molecule has 68 heavy (non-hydrogen) atoms. The molecule has 0 radical (unpaired) electrons. The second-order valence-corrected chi connectivity index (χ2v) is 23.2. The highest BCUT2D eigenvalue weighted by atomic mass is 32.1. The molecule has 0 fully saturated rings. The zero-order chi connectivity index (χ0) is 46.5. The van der Waals surface area contributed by atoms with Gasteiger partial charge in [0.05, 0.1) is 5.41 Å². The smallest absolute Gasteiger partial charge is 0.0726 e. The molecule has 0 atom stereocenters. The number of thiophene rings is 1. The summed E-state index contributed by atoms with van der Waals surface area (Å²) in [7, 11) is 0. The molecule has 0 amide bonds. The molecule has 0 saturated heterocycles. The first-order valence-electron chi connectivity index (χ1n) is 24.3. The Balaban J connectivity index is 1.04. The van der Waals surface area contributed by atoms with Gasteiger partial charge in [-0.05, 0) is 142 Å². The summed E-state index contributed by atoms with van der Waals surface area (Å²) in [5.74, 6) is 0. The number of rotatable bonds is 4. The minimum atomic E-state index is -0.502. The van der Waals surface area contributed by atoms with Crippen molar-refractivity contribution in [3.8, 4) is 44.5 Å². The van der Waals surface area contributed by atoms with Crippen LogP contribution >= 0.6 is 11.3 Å². The third-order valence-corrected chi connectivity index (χ3v) is 16.9. The molecule has 0 saturated carbocycles. The zero-order valence-electron chi connectivity index (χ0n) is 40.3. The number of benzene rings is 9. The number of fused-ring (bicyclic) bond motifs is 16. The standard InChI is InChI=1S/C66H55NS/c1-63(2,3)41-26-32-49-50-33-27-42(64(4,5)6)37-58(50)66(57(49)36-41)56-22-13-10-16-47(56)51-34-30-44(38-59(51)66)67(45-31-35-53-52-18-11-14-23-60(52)68-61(53)39-45)43-28-24-40(25-29-43)46-19-15-20-54-48-17-9-12-21-55(48)65(7,8)62(46)54/h9-39H,1-8H3. The zero-order valence-corrected chi connectivity index (χ0v) is 41.1. The first kappa shape index (κ1) is 41.2. The van der Waals surface area contributed by atoms with Crippen LogP contribution in [0.5, 0.6) is 0 Å². The second kappa shape index (κ2) is 14.3. The van der Waals surface area contributed by atoms with Crippen molar-refractivity contribution < 1.29 is 0 Å². The van der Waals surface area contributed by atoms with E-state index in [9.17, 15) is 0 Å². The molecule has 0 aliphatic heterocycles. The van der Waals surface area contributed by atoms with Gasteiger partial charge in [0, 0.05) is 42.6 Å². The van der Waals surface area contributed by atoms with Gasteiger partial charge in [0.15, 0.2) is 0 Å². The van der Waals surface area contributed by atoms with Crippen molar-refractivity contribution in [3.63, 3.8) is 0 Å². The fourth-order valence-corrected chi connectivity index (χ4v) is 13.6. The Hall–Kier alpha value is -7.00. The van der Waals surface area contributed by atoms with E-state index in [0.29, 0.717) is 0 Å². The van der Waals surface area contributed by atoms with E-state index in [1.165, 1.54) is 109 Å². The van der Waals surface area contributed by atoms with Crippen molar-refractivity contribution in [2.75, 3.05) is 4.90 Å². The molecule has 9 aromatic carbocycles. The average molecular weight is 894 g/mol. The summed E-state index contributed by atoms with van der Waals surface area (Å²) in [5, 5.41) is 2.62. The summed E-state index contributed by atoms with van der Waals surface area (Å²) in [6.07, 6.45) is 0. The first-order chi connectivity index (χ1) is 32.7. The van der Waals surface area contributed by atoms with Gasteiger partial charge in [-0.1, -0.05) is 201 Å². The van der Waals surface area contributed by atoms with Crippen LogP contribution in [0.25, 0.3) is 64.7 Å². The SMILES string of the molecule is CC(C)(C)c1ccc2c(c1)C1(c3ccccc3-c3ccc(N(c4ccc(-c5cccc6c5C(C)(C)c5ccccc5-6)cc4)c4ccc5c(c4)sc4ccccc45)cc31)c1cc(C(C)(C)C)ccc1-2. The minimum absolute atomic E-state index is 0.0157. The van der Waals surface area contributed by atoms with Gasteiger partial charge < -0.3 is 4.90 Å². The van der Waals surface area contributed by atoms with Crippen LogP contribution in [0.15, 0.2) is 188 Å². The number of hydrogen-bond donors (Lipinski definition) is 0. The summed E-state index contributed by atoms with van der Waals surface area (Å²) in [4.78, 5) is 2.51. The first-order valence-corrected chi connectivity index (χ1v) is 25.1. The van der Waals surface area contributed by atoms with E-state index in [-0.39, 0.29) is 16.2 Å². The summed E-state index contributed by atoms with van der Waals surface area (Å²) >= 11 is 1.88. The second-order valence-electron chi connectivity index (χ2n) is 22.1. The maximum atomic E-state index is 2.55. The highest BCUT2D eigenvalue weighted by Gasteiger charge is 2.52. The summed E-state index contributed by atoms with van der Waals surface area (Å²) in [5.41, 5.74) is 24.3. The van der Waals surface area contributed by atoms with Crippen molar-refractivity contribution in [2.24, 2.45) is 0 Å². The molecule has 10 aromatic rings. The van der Waals surface area contributed by atoms with Gasteiger partial charge in [-0.2, -0.15) is 0 Å². The van der Waals surface area contributed by atoms with Gasteiger partial charge in [-0.15, -0.1) is 11.3 Å². The maximum absolute atomic E-state index is 2.55. The van der Waals surface area contributed by atoms with E-state index in [4.69, 9.17) is 0 Å². The quantitative estimate of drug-likeness (QED) is 0.170. The van der Waals surface area contributed by atoms with Gasteiger partial charge in [0.2, 0.25) is 0 Å². The highest BCUT2D eigenvalue weighted by molar-refractivity contribution is 7.25. The molecule has 0 N–H and O–H groups in total. The van der Waals surface area contributed by atoms with Gasteiger partial charge >= 0.3 is 0 Å². The fourth-order valence-electron chi connectivity index (χ4n) is 12.4. The monoisotopic (exact) mass is 893 g/mol. The molecule has 1 aromatic heterocycles. The molecular formula is C66H55NS. The van der Waals surface area contributed by atoms with Crippen LogP contribution in [0.3, 0.4) is 0 Å². The largest absolute Gasteiger partial charge is 0.310 e. The third kappa shape index (κ3) is 5.74. The molecule has 1 spiro atoms. The average Bonchev–Trinajstić information content (AvgIpc) is 4.02. The normalized spacial score (nSPS) is 14.7. The van der Waals surface area contributed by atoms with E-state index in [1.807, 2.05) is 11.3 Å². The number of anilines is 3. The van der Waals surface area contributed by atoms with Crippen molar-refractivity contribution in [1.29, 1.82) is 0 Å². The van der Waals surface area contributed by atoms with Crippen molar-refractivity contribution >= 4 is 48.6 Å². The van der Waals surface area contributed by atoms with E-state index < -0.39 is 5.41 Å². The summed E-state index contributed by atoms with van der Waals surface area (Å²) < 4.78 is 2.61. The molecule has 1 heterocycles. The van der Waals surface area contributed by atoms with Crippen LogP contribution in [0, 0.1) is 0 Å². The predicted octanol–water partition coefficient (Wildman–Crippen LogP) is 18.4. The van der Waals surface area contributed by atoms with Gasteiger partial charge in [0.25, 0.3) is 0 Å². The molecule has 3 aliphatic rings. The van der Waals surface area contributed by atoms with Crippen molar-refractivity contribution in [3.05, 3.63) is 233 Å². The Bertz CT molecular complexity index is 3670. The lowest BCUT2D eigenvalue weighted by atomic mass is 9.68. The molecule has 13 rings (SSSR count). The fraction of sp³-hybridized carbons (Fsp3) is 0.182. The lowest BCUT2D eigenvalue weighted by Gasteiger charge is -2.34. The Morgan fingerprint density at radius 2 is 0.853 bits per heavy atom. The molecule has 0 unspecified atom stereocenters. The number of nitrogens with zero attached hydrogens (tertiary/aromatic N) is 1. The van der Waals surface area contributed by atoms with Crippen molar-refractivity contribution in [2.45, 2.75) is 77.0 Å². The van der Waals surface area contributed by atoms with E-state index in [0.717, 1.165) is 17.1 Å². The van der Waals surface area contributed by atoms with Crippen LogP contribution in [-0.4, -0.2) is 0 Å². The van der Waals surface area contributed by atoms with Gasteiger partial charge in [-0.3, -0.25) is 0 Å². The Morgan fingerprint density at radius 3 is 1.53 bits per heavy atom. The summed E-state index contributed by atoms with van der Waals surface area (Å²) in [6.45, 7) is 18.8. The third-order valence-electron chi connectivity index (χ3n) is 15.8. The Kier molecular flexibility index (Phi) is 8.64. The molecular weight excluding hydrogens is 839 g/mol. The van der Waals surface area contributed by atoms with Gasteiger partial charge in [-0.25, -0.2) is 0 Å². The van der Waals surface area contributed by atoms with Gasteiger partial charge in [0.1, 0.15) is 0 Å². The maximum Gasteiger partial charge on any atom is 0.0726 e. The lowest BCUT2D eigenvalue weighted by Crippen LogP contribution is -2.27.